The lowest BCUT2D eigenvalue weighted by Gasteiger charge is -2.41. The average molecular weight is 498 g/mol. The van der Waals surface area contributed by atoms with Gasteiger partial charge in [0.05, 0.1) is 5.69 Å². The Labute approximate surface area is 224 Å². The number of hydrogen-bond donors (Lipinski definition) is 0. The summed E-state index contributed by atoms with van der Waals surface area (Å²) in [7, 11) is 0. The van der Waals surface area contributed by atoms with Crippen molar-refractivity contribution in [3.63, 3.8) is 0 Å². The Morgan fingerprint density at radius 1 is 0.737 bits per heavy atom. The minimum absolute atomic E-state index is 0.0848. The molecule has 2 heterocycles. The largest absolute Gasteiger partial charge is 0.456 e. The summed E-state index contributed by atoms with van der Waals surface area (Å²) in [6.07, 6.45) is 4.30. The van der Waals surface area contributed by atoms with Crippen LogP contribution in [0.2, 0.25) is 0 Å². The second-order valence-electron chi connectivity index (χ2n) is 12.9. The summed E-state index contributed by atoms with van der Waals surface area (Å²) in [6.45, 7) is 14.0. The Hall–Kier alpha value is -3.65. The zero-order valence-electron chi connectivity index (χ0n) is 23.3. The van der Waals surface area contributed by atoms with E-state index in [1.807, 2.05) is 6.20 Å². The second kappa shape index (κ2) is 7.93. The van der Waals surface area contributed by atoms with E-state index in [4.69, 9.17) is 9.40 Å². The van der Waals surface area contributed by atoms with Crippen LogP contribution in [0.15, 0.2) is 77.3 Å². The third kappa shape index (κ3) is 3.29. The molecular weight excluding hydrogens is 462 g/mol. The van der Waals surface area contributed by atoms with E-state index < -0.39 is 0 Å². The number of fused-ring (bicyclic) bond motifs is 7. The van der Waals surface area contributed by atoms with Gasteiger partial charge in [0.15, 0.2) is 0 Å². The lowest BCUT2D eigenvalue weighted by molar-refractivity contribution is 0.331. The van der Waals surface area contributed by atoms with Gasteiger partial charge in [-0.2, -0.15) is 0 Å². The van der Waals surface area contributed by atoms with Gasteiger partial charge in [-0.15, -0.1) is 0 Å². The van der Waals surface area contributed by atoms with E-state index in [1.165, 1.54) is 62.0 Å². The Morgan fingerprint density at radius 3 is 2.29 bits per heavy atom. The molecule has 0 atom stereocenters. The Morgan fingerprint density at radius 2 is 1.50 bits per heavy atom. The zero-order valence-corrected chi connectivity index (χ0v) is 23.3. The molecule has 7 rings (SSSR count). The first kappa shape index (κ1) is 23.5. The van der Waals surface area contributed by atoms with Crippen LogP contribution in [0.1, 0.15) is 77.0 Å². The minimum atomic E-state index is 0.0848. The molecule has 0 spiro atoms. The van der Waals surface area contributed by atoms with Crippen molar-refractivity contribution in [3.8, 4) is 11.3 Å². The third-order valence-electron chi connectivity index (χ3n) is 9.14. The van der Waals surface area contributed by atoms with Gasteiger partial charge in [0.2, 0.25) is 0 Å². The molecule has 190 valence electrons. The summed E-state index contributed by atoms with van der Waals surface area (Å²) in [4.78, 5) is 4.95. The number of furan rings is 1. The number of nitrogens with zero attached hydrogens (tertiary/aromatic N) is 1. The maximum absolute atomic E-state index is 6.73. The summed E-state index contributed by atoms with van der Waals surface area (Å²) in [5.41, 5.74) is 8.67. The van der Waals surface area contributed by atoms with Crippen molar-refractivity contribution in [2.75, 3.05) is 0 Å². The minimum Gasteiger partial charge on any atom is -0.456 e. The lowest BCUT2D eigenvalue weighted by Crippen LogP contribution is -2.33. The molecule has 0 amide bonds. The van der Waals surface area contributed by atoms with Crippen LogP contribution in [0.3, 0.4) is 0 Å². The van der Waals surface area contributed by atoms with Crippen molar-refractivity contribution in [1.82, 2.24) is 4.98 Å². The number of benzene rings is 4. The molecule has 0 saturated heterocycles. The summed E-state index contributed by atoms with van der Waals surface area (Å²) in [6, 6.07) is 24.6. The topological polar surface area (TPSA) is 26.0 Å². The van der Waals surface area contributed by atoms with E-state index in [2.05, 4.69) is 108 Å². The molecule has 0 bridgehead atoms. The van der Waals surface area contributed by atoms with Crippen LogP contribution in [0, 0.1) is 0 Å². The van der Waals surface area contributed by atoms with Crippen LogP contribution in [0.5, 0.6) is 0 Å². The molecule has 4 aromatic carbocycles. The Kier molecular flexibility index (Phi) is 4.90. The summed E-state index contributed by atoms with van der Waals surface area (Å²) < 4.78 is 6.73. The van der Waals surface area contributed by atoms with Gasteiger partial charge in [-0.3, -0.25) is 4.98 Å². The SMILES string of the molecule is CC(C)c1ccc(-c2nccc3cc4oc5c6c(ccc5c4cc23)C(C)(C)CCC6(C)C)c2ccccc12. The maximum Gasteiger partial charge on any atom is 0.139 e. The van der Waals surface area contributed by atoms with Crippen molar-refractivity contribution < 1.29 is 4.42 Å². The molecule has 2 heteroatoms. The molecule has 0 radical (unpaired) electrons. The summed E-state index contributed by atoms with van der Waals surface area (Å²) >= 11 is 0. The molecule has 0 fully saturated rings. The normalized spacial score (nSPS) is 16.6. The van der Waals surface area contributed by atoms with Crippen LogP contribution < -0.4 is 0 Å². The fourth-order valence-electron chi connectivity index (χ4n) is 6.87. The molecule has 2 aromatic heterocycles. The van der Waals surface area contributed by atoms with Gasteiger partial charge in [-0.25, -0.2) is 0 Å². The number of pyridine rings is 1. The fourth-order valence-corrected chi connectivity index (χ4v) is 6.87. The Balaban J connectivity index is 1.53. The molecule has 0 unspecified atom stereocenters. The highest BCUT2D eigenvalue weighted by atomic mass is 16.3. The highest BCUT2D eigenvalue weighted by Gasteiger charge is 2.39. The van der Waals surface area contributed by atoms with Gasteiger partial charge >= 0.3 is 0 Å². The van der Waals surface area contributed by atoms with Crippen molar-refractivity contribution in [2.24, 2.45) is 0 Å². The van der Waals surface area contributed by atoms with Gasteiger partial charge in [0.1, 0.15) is 11.2 Å². The van der Waals surface area contributed by atoms with E-state index in [0.29, 0.717) is 5.92 Å². The predicted molar refractivity (Wildman–Crippen MR) is 161 cm³/mol. The van der Waals surface area contributed by atoms with E-state index >= 15 is 0 Å². The molecule has 1 aliphatic carbocycles. The van der Waals surface area contributed by atoms with E-state index in [-0.39, 0.29) is 10.8 Å². The summed E-state index contributed by atoms with van der Waals surface area (Å²) in [5, 5.41) is 7.28. The average Bonchev–Trinajstić information content (AvgIpc) is 3.26. The molecule has 2 nitrogen and oxygen atoms in total. The molecule has 1 aliphatic rings. The third-order valence-corrected chi connectivity index (χ3v) is 9.14. The highest BCUT2D eigenvalue weighted by Crippen LogP contribution is 2.50. The summed E-state index contributed by atoms with van der Waals surface area (Å²) in [5.74, 6) is 0.464. The van der Waals surface area contributed by atoms with Crippen LogP contribution in [-0.4, -0.2) is 4.98 Å². The van der Waals surface area contributed by atoms with E-state index in [9.17, 15) is 0 Å². The molecule has 6 aromatic rings. The van der Waals surface area contributed by atoms with Gasteiger partial charge in [-0.1, -0.05) is 90.1 Å². The smallest absolute Gasteiger partial charge is 0.139 e. The predicted octanol–water partition coefficient (Wildman–Crippen LogP) is 10.4. The highest BCUT2D eigenvalue weighted by molar-refractivity contribution is 6.14. The molecule has 0 N–H and O–H groups in total. The van der Waals surface area contributed by atoms with Gasteiger partial charge in [0, 0.05) is 33.5 Å². The van der Waals surface area contributed by atoms with Crippen molar-refractivity contribution in [1.29, 1.82) is 0 Å². The van der Waals surface area contributed by atoms with Gasteiger partial charge in [0.25, 0.3) is 0 Å². The molecule has 38 heavy (non-hydrogen) atoms. The van der Waals surface area contributed by atoms with Crippen LogP contribution in [0.25, 0.3) is 54.7 Å². The molecule has 0 saturated carbocycles. The quantitative estimate of drug-likeness (QED) is 0.238. The lowest BCUT2D eigenvalue weighted by atomic mass is 9.63. The first-order valence-electron chi connectivity index (χ1n) is 14.0. The van der Waals surface area contributed by atoms with E-state index in [1.54, 1.807) is 0 Å². The monoisotopic (exact) mass is 497 g/mol. The van der Waals surface area contributed by atoms with Gasteiger partial charge < -0.3 is 4.42 Å². The zero-order chi connectivity index (χ0) is 26.4. The maximum atomic E-state index is 6.73. The second-order valence-corrected chi connectivity index (χ2v) is 12.9. The van der Waals surface area contributed by atoms with Gasteiger partial charge in [-0.05, 0) is 75.1 Å². The van der Waals surface area contributed by atoms with Crippen LogP contribution >= 0.6 is 0 Å². The van der Waals surface area contributed by atoms with Crippen LogP contribution in [-0.2, 0) is 10.8 Å². The first-order chi connectivity index (χ1) is 18.2. The number of rotatable bonds is 2. The molecular formula is C36H35NO. The van der Waals surface area contributed by atoms with E-state index in [0.717, 1.165) is 22.2 Å². The molecule has 0 aliphatic heterocycles. The fraction of sp³-hybridized carbons (Fsp3) is 0.306. The number of aromatic nitrogens is 1. The Bertz CT molecular complexity index is 1900. The first-order valence-corrected chi connectivity index (χ1v) is 14.0. The number of hydrogen-bond acceptors (Lipinski definition) is 2. The van der Waals surface area contributed by atoms with Crippen molar-refractivity contribution in [2.45, 2.75) is 71.1 Å². The van der Waals surface area contributed by atoms with Crippen molar-refractivity contribution in [3.05, 3.63) is 89.6 Å². The van der Waals surface area contributed by atoms with Crippen LogP contribution in [0.4, 0.5) is 0 Å². The standard InChI is InChI=1S/C36H35NO/c1-21(2)23-11-12-26(25-10-8-7-9-24(23)25)33-28-20-29-27-13-14-30-32(36(5,6)17-16-35(30,3)4)34(27)38-31(29)19-22(28)15-18-37-33/h7-15,18-21H,16-17H2,1-6H3. The van der Waals surface area contributed by atoms with Crippen molar-refractivity contribution >= 4 is 43.5 Å².